The van der Waals surface area contributed by atoms with Crippen LogP contribution in [0.4, 0.5) is 17.5 Å². The van der Waals surface area contributed by atoms with E-state index in [-0.39, 0.29) is 29.4 Å². The summed E-state index contributed by atoms with van der Waals surface area (Å²) in [5.41, 5.74) is 6.82. The van der Waals surface area contributed by atoms with Crippen LogP contribution in [0, 0.1) is 0 Å². The fourth-order valence-corrected chi connectivity index (χ4v) is 3.45. The molecule has 11 heteroatoms. The molecule has 0 saturated carbocycles. The molecule has 11 nitrogen and oxygen atoms in total. The molecule has 2 aromatic heterocycles. The van der Waals surface area contributed by atoms with Crippen LogP contribution in [0.25, 0.3) is 11.5 Å². The lowest BCUT2D eigenvalue weighted by Crippen LogP contribution is -2.44. The molecule has 2 amide bonds. The number of rotatable bonds is 7. The van der Waals surface area contributed by atoms with Crippen LogP contribution in [-0.2, 0) is 4.79 Å². The number of hydrogen-bond donors (Lipinski definition) is 3. The molecule has 0 aliphatic carbocycles. The van der Waals surface area contributed by atoms with Crippen molar-refractivity contribution in [2.45, 2.75) is 18.9 Å². The summed E-state index contributed by atoms with van der Waals surface area (Å²) >= 11 is 0. The van der Waals surface area contributed by atoms with Crippen molar-refractivity contribution >= 4 is 29.3 Å². The molecule has 1 aromatic carbocycles. The van der Waals surface area contributed by atoms with Gasteiger partial charge in [-0.25, -0.2) is 4.98 Å². The number of amides is 2. The van der Waals surface area contributed by atoms with Crippen LogP contribution >= 0.6 is 0 Å². The van der Waals surface area contributed by atoms with Crippen LogP contribution in [0.2, 0.25) is 0 Å². The summed E-state index contributed by atoms with van der Waals surface area (Å²) in [6.45, 7) is 4.71. The van der Waals surface area contributed by atoms with Crippen molar-refractivity contribution in [1.29, 1.82) is 0 Å². The second kappa shape index (κ2) is 9.25. The monoisotopic (exact) mass is 434 g/mol. The summed E-state index contributed by atoms with van der Waals surface area (Å²) in [5, 5.41) is 14.2. The molecular weight excluding hydrogens is 412 g/mol. The Balaban J connectivity index is 1.51. The van der Waals surface area contributed by atoms with Gasteiger partial charge in [0.15, 0.2) is 11.5 Å². The molecule has 0 spiro atoms. The highest BCUT2D eigenvalue weighted by Crippen LogP contribution is 2.23. The maximum Gasteiger partial charge on any atom is 0.273 e. The third kappa shape index (κ3) is 4.72. The molecule has 0 bridgehead atoms. The molecule has 0 radical (unpaired) electrons. The van der Waals surface area contributed by atoms with E-state index in [0.29, 0.717) is 24.7 Å². The lowest BCUT2D eigenvalue weighted by Gasteiger charge is -2.32. The quantitative estimate of drug-likeness (QED) is 0.474. The van der Waals surface area contributed by atoms with Gasteiger partial charge in [-0.2, -0.15) is 4.98 Å². The summed E-state index contributed by atoms with van der Waals surface area (Å²) in [6.07, 6.45) is 6.05. The molecular formula is C21H22N8O3. The molecule has 1 saturated heterocycles. The molecule has 1 aliphatic rings. The Hall–Kier alpha value is -4.28. The van der Waals surface area contributed by atoms with Gasteiger partial charge in [-0.15, -0.1) is 10.2 Å². The number of nitrogens with one attached hydrogen (secondary N) is 2. The van der Waals surface area contributed by atoms with Gasteiger partial charge in [0.2, 0.25) is 17.7 Å². The summed E-state index contributed by atoms with van der Waals surface area (Å²) in [6, 6.07) is 7.17. The zero-order valence-corrected chi connectivity index (χ0v) is 17.2. The number of piperidine rings is 1. The topological polar surface area (TPSA) is 152 Å². The van der Waals surface area contributed by atoms with E-state index in [0.717, 1.165) is 18.4 Å². The van der Waals surface area contributed by atoms with Gasteiger partial charge in [-0.05, 0) is 43.2 Å². The number of nitrogens with zero attached hydrogens (tertiary/aromatic N) is 5. The molecule has 3 heterocycles. The first kappa shape index (κ1) is 21.0. The van der Waals surface area contributed by atoms with Gasteiger partial charge in [0, 0.05) is 30.4 Å². The van der Waals surface area contributed by atoms with Crippen LogP contribution < -0.4 is 16.4 Å². The SMILES string of the molecule is C=CC(=O)N1CCC[C@@H](Nc2nnc(C(N)=O)c(Nc3ccc(-c4ncco4)cc3)n2)C1. The van der Waals surface area contributed by atoms with Crippen LogP contribution in [0.15, 0.2) is 53.8 Å². The Morgan fingerprint density at radius 3 is 2.75 bits per heavy atom. The van der Waals surface area contributed by atoms with Crippen molar-refractivity contribution in [1.82, 2.24) is 25.1 Å². The standard InChI is InChI=1S/C21H22N8O3/c1-2-16(30)29-10-3-4-15(12-29)25-21-26-19(17(18(22)31)27-28-21)24-14-7-5-13(6-8-14)20-23-9-11-32-20/h2,5-9,11,15H,1,3-4,10,12H2,(H2,22,31)(H2,24,25,26,28)/t15-/m1/s1. The van der Waals surface area contributed by atoms with Gasteiger partial charge in [0.05, 0.1) is 6.20 Å². The van der Waals surface area contributed by atoms with Crippen LogP contribution in [0.3, 0.4) is 0 Å². The number of carbonyl (C=O) groups is 2. The predicted octanol–water partition coefficient (Wildman–Crippen LogP) is 1.96. The molecule has 4 N–H and O–H groups in total. The van der Waals surface area contributed by atoms with Crippen molar-refractivity contribution in [2.75, 3.05) is 23.7 Å². The Labute approximate surface area is 183 Å². The first-order chi connectivity index (χ1) is 15.5. The molecule has 0 unspecified atom stereocenters. The van der Waals surface area contributed by atoms with Crippen molar-refractivity contribution in [3.63, 3.8) is 0 Å². The second-order valence-electron chi connectivity index (χ2n) is 7.21. The number of oxazole rings is 1. The minimum absolute atomic E-state index is 0.0539. The fourth-order valence-electron chi connectivity index (χ4n) is 3.45. The zero-order valence-electron chi connectivity index (χ0n) is 17.2. The second-order valence-corrected chi connectivity index (χ2v) is 7.21. The maximum atomic E-state index is 11.9. The Bertz CT molecular complexity index is 1110. The first-order valence-corrected chi connectivity index (χ1v) is 10.0. The average Bonchev–Trinajstić information content (AvgIpc) is 3.34. The number of aromatic nitrogens is 4. The number of anilines is 3. The third-order valence-corrected chi connectivity index (χ3v) is 4.99. The Morgan fingerprint density at radius 1 is 1.25 bits per heavy atom. The smallest absolute Gasteiger partial charge is 0.273 e. The predicted molar refractivity (Wildman–Crippen MR) is 117 cm³/mol. The van der Waals surface area contributed by atoms with Crippen molar-refractivity contribution in [3.8, 4) is 11.5 Å². The van der Waals surface area contributed by atoms with Crippen LogP contribution in [0.5, 0.6) is 0 Å². The Morgan fingerprint density at radius 2 is 2.06 bits per heavy atom. The number of benzene rings is 1. The summed E-state index contributed by atoms with van der Waals surface area (Å²) in [4.78, 5) is 33.9. The van der Waals surface area contributed by atoms with E-state index in [9.17, 15) is 9.59 Å². The van der Waals surface area contributed by atoms with E-state index in [2.05, 4.69) is 37.4 Å². The van der Waals surface area contributed by atoms with E-state index < -0.39 is 5.91 Å². The summed E-state index contributed by atoms with van der Waals surface area (Å²) in [5.74, 6) is 0.0348. The van der Waals surface area contributed by atoms with E-state index >= 15 is 0 Å². The number of primary amides is 1. The highest BCUT2D eigenvalue weighted by molar-refractivity contribution is 5.96. The number of hydrogen-bond acceptors (Lipinski definition) is 9. The minimum atomic E-state index is -0.754. The highest BCUT2D eigenvalue weighted by Gasteiger charge is 2.23. The number of likely N-dealkylation sites (tertiary alicyclic amines) is 1. The number of carbonyl (C=O) groups excluding carboxylic acids is 2. The fraction of sp³-hybridized carbons (Fsp3) is 0.238. The zero-order chi connectivity index (χ0) is 22.5. The minimum Gasteiger partial charge on any atom is -0.445 e. The lowest BCUT2D eigenvalue weighted by atomic mass is 10.1. The van der Waals surface area contributed by atoms with E-state index in [1.807, 2.05) is 12.1 Å². The molecule has 1 atom stereocenters. The van der Waals surface area contributed by atoms with Crippen molar-refractivity contribution in [2.24, 2.45) is 5.73 Å². The van der Waals surface area contributed by atoms with Gasteiger partial charge in [-0.1, -0.05) is 6.58 Å². The van der Waals surface area contributed by atoms with Crippen LogP contribution in [0.1, 0.15) is 23.3 Å². The van der Waals surface area contributed by atoms with Crippen molar-refractivity contribution in [3.05, 3.63) is 55.1 Å². The molecule has 3 aromatic rings. The van der Waals surface area contributed by atoms with Gasteiger partial charge >= 0.3 is 0 Å². The molecule has 4 rings (SSSR count). The highest BCUT2D eigenvalue weighted by atomic mass is 16.3. The maximum absolute atomic E-state index is 11.9. The molecule has 1 aliphatic heterocycles. The average molecular weight is 434 g/mol. The lowest BCUT2D eigenvalue weighted by molar-refractivity contribution is -0.127. The van der Waals surface area contributed by atoms with Gasteiger partial charge in [-0.3, -0.25) is 9.59 Å². The van der Waals surface area contributed by atoms with Crippen molar-refractivity contribution < 1.29 is 14.0 Å². The van der Waals surface area contributed by atoms with Gasteiger partial charge in [0.25, 0.3) is 5.91 Å². The van der Waals surface area contributed by atoms with Crippen LogP contribution in [-0.4, -0.2) is 56.0 Å². The largest absolute Gasteiger partial charge is 0.445 e. The normalized spacial score (nSPS) is 15.8. The van der Waals surface area contributed by atoms with E-state index in [1.165, 1.54) is 12.3 Å². The third-order valence-electron chi connectivity index (χ3n) is 4.99. The first-order valence-electron chi connectivity index (χ1n) is 10.0. The molecule has 164 valence electrons. The summed E-state index contributed by atoms with van der Waals surface area (Å²) < 4.78 is 5.28. The van der Waals surface area contributed by atoms with E-state index in [1.54, 1.807) is 23.2 Å². The van der Waals surface area contributed by atoms with E-state index in [4.69, 9.17) is 10.2 Å². The van der Waals surface area contributed by atoms with Gasteiger partial charge < -0.3 is 25.7 Å². The molecule has 1 fully saturated rings. The van der Waals surface area contributed by atoms with Gasteiger partial charge in [0.1, 0.15) is 6.26 Å². The summed E-state index contributed by atoms with van der Waals surface area (Å²) in [7, 11) is 0. The molecule has 32 heavy (non-hydrogen) atoms. The number of nitrogens with two attached hydrogens (primary N) is 1. The Kier molecular flexibility index (Phi) is 6.06.